The molecule has 0 saturated heterocycles. The Morgan fingerprint density at radius 1 is 1.08 bits per heavy atom. The second kappa shape index (κ2) is 9.23. The molecule has 0 amide bonds. The quantitative estimate of drug-likeness (QED) is 0.355. The Balaban J connectivity index is 1.67. The molecule has 2 N–H and O–H groups in total. The van der Waals surface area contributed by atoms with Gasteiger partial charge in [0.05, 0.1) is 25.0 Å². The first-order chi connectivity index (χ1) is 18.5. The summed E-state index contributed by atoms with van der Waals surface area (Å²) in [6.45, 7) is 3.71. The molecule has 6 rings (SSSR count). The molecule has 0 bridgehead atoms. The van der Waals surface area contributed by atoms with Crippen LogP contribution >= 0.6 is 0 Å². The Bertz CT molecular complexity index is 1940. The number of para-hydroxylation sites is 1. The molecule has 0 aliphatic carbocycles. The van der Waals surface area contributed by atoms with Crippen molar-refractivity contribution in [3.8, 4) is 5.75 Å². The van der Waals surface area contributed by atoms with E-state index in [1.807, 2.05) is 66.9 Å². The third-order valence-corrected chi connectivity index (χ3v) is 6.96. The summed E-state index contributed by atoms with van der Waals surface area (Å²) < 4.78 is 12.8. The zero-order chi connectivity index (χ0) is 26.4. The number of carbonyl (C=O) groups is 1. The van der Waals surface area contributed by atoms with Crippen LogP contribution in [0.3, 0.4) is 0 Å². The molecule has 3 heterocycles. The number of allylic oxidation sites excluding steroid dienone is 1. The summed E-state index contributed by atoms with van der Waals surface area (Å²) in [4.78, 5) is 38.5. The smallest absolute Gasteiger partial charge is 0.338 e. The molecule has 8 heteroatoms. The number of hydrogen-bond acceptors (Lipinski definition) is 5. The molecular formula is C30H26N4O4. The van der Waals surface area contributed by atoms with Crippen LogP contribution in [-0.2, 0) is 9.53 Å². The fourth-order valence-corrected chi connectivity index (χ4v) is 5.27. The summed E-state index contributed by atoms with van der Waals surface area (Å²) in [7, 11) is 1.58. The van der Waals surface area contributed by atoms with Gasteiger partial charge in [0.25, 0.3) is 5.56 Å². The van der Waals surface area contributed by atoms with Crippen LogP contribution in [0.1, 0.15) is 31.0 Å². The highest BCUT2D eigenvalue weighted by Crippen LogP contribution is 2.40. The number of H-pyrrole nitrogens is 2. The van der Waals surface area contributed by atoms with Crippen molar-refractivity contribution in [3.63, 3.8) is 0 Å². The number of benzene rings is 3. The second-order valence-electron chi connectivity index (χ2n) is 9.11. The van der Waals surface area contributed by atoms with E-state index in [9.17, 15) is 9.59 Å². The lowest BCUT2D eigenvalue weighted by Crippen LogP contribution is -2.40. The first-order valence-corrected chi connectivity index (χ1v) is 12.4. The first kappa shape index (κ1) is 23.5. The predicted octanol–water partition coefficient (Wildman–Crippen LogP) is 3.71. The van der Waals surface area contributed by atoms with E-state index in [-0.39, 0.29) is 12.2 Å². The molecular weight excluding hydrogens is 480 g/mol. The summed E-state index contributed by atoms with van der Waals surface area (Å²) in [5.74, 6) is 0.0426. The molecule has 1 aliphatic heterocycles. The molecule has 1 aliphatic rings. The summed E-state index contributed by atoms with van der Waals surface area (Å²) in [6.07, 6.45) is 3.67. The molecule has 1 atom stereocenters. The fourth-order valence-electron chi connectivity index (χ4n) is 5.27. The summed E-state index contributed by atoms with van der Waals surface area (Å²) in [5.41, 5.74) is 3.36. The van der Waals surface area contributed by atoms with E-state index in [1.54, 1.807) is 27.0 Å². The van der Waals surface area contributed by atoms with Gasteiger partial charge in [-0.3, -0.25) is 9.36 Å². The first-order valence-electron chi connectivity index (χ1n) is 12.4. The monoisotopic (exact) mass is 506 g/mol. The van der Waals surface area contributed by atoms with Gasteiger partial charge in [-0.25, -0.2) is 9.79 Å². The van der Waals surface area contributed by atoms with Crippen molar-refractivity contribution in [2.24, 2.45) is 4.99 Å². The maximum absolute atomic E-state index is 14.0. The lowest BCUT2D eigenvalue weighted by molar-refractivity contribution is -0.139. The minimum absolute atomic E-state index is 0.198. The number of esters is 1. The van der Waals surface area contributed by atoms with Crippen LogP contribution in [0.2, 0.25) is 0 Å². The van der Waals surface area contributed by atoms with Gasteiger partial charge < -0.3 is 19.4 Å². The lowest BCUT2D eigenvalue weighted by atomic mass is 9.90. The maximum atomic E-state index is 14.0. The van der Waals surface area contributed by atoms with Crippen molar-refractivity contribution < 1.29 is 14.3 Å². The second-order valence-corrected chi connectivity index (χ2v) is 9.11. The van der Waals surface area contributed by atoms with Crippen LogP contribution in [0.15, 0.2) is 87.9 Å². The van der Waals surface area contributed by atoms with E-state index in [0.29, 0.717) is 33.6 Å². The average Bonchev–Trinajstić information content (AvgIpc) is 3.47. The number of hydrogen-bond donors (Lipinski definition) is 2. The van der Waals surface area contributed by atoms with E-state index >= 15 is 0 Å². The molecule has 8 nitrogen and oxygen atoms in total. The number of rotatable bonds is 5. The third kappa shape index (κ3) is 3.64. The van der Waals surface area contributed by atoms with Gasteiger partial charge in [0, 0.05) is 28.2 Å². The number of nitrogens with one attached hydrogen (secondary N) is 2. The van der Waals surface area contributed by atoms with Crippen LogP contribution in [0.25, 0.3) is 27.8 Å². The zero-order valence-electron chi connectivity index (χ0n) is 21.2. The minimum Gasteiger partial charge on any atom is -0.496 e. The van der Waals surface area contributed by atoms with Crippen LogP contribution in [0.5, 0.6) is 5.75 Å². The largest absolute Gasteiger partial charge is 0.496 e. The Labute approximate surface area is 217 Å². The third-order valence-electron chi connectivity index (χ3n) is 6.96. The highest BCUT2D eigenvalue weighted by Gasteiger charge is 2.36. The van der Waals surface area contributed by atoms with Crippen molar-refractivity contribution in [2.45, 2.75) is 19.9 Å². The fraction of sp³-hybridized carbons (Fsp3) is 0.167. The molecule has 3 aromatic carbocycles. The van der Waals surface area contributed by atoms with Gasteiger partial charge in [0.1, 0.15) is 17.1 Å². The Morgan fingerprint density at radius 3 is 2.63 bits per heavy atom. The van der Waals surface area contributed by atoms with Gasteiger partial charge in [-0.15, -0.1) is 0 Å². The Hall–Kier alpha value is -4.85. The van der Waals surface area contributed by atoms with Crippen molar-refractivity contribution in [1.82, 2.24) is 14.5 Å². The van der Waals surface area contributed by atoms with Crippen LogP contribution in [-0.4, -0.2) is 34.2 Å². The minimum atomic E-state index is -0.809. The number of methoxy groups -OCH3 is 1. The molecule has 0 spiro atoms. The van der Waals surface area contributed by atoms with Crippen molar-refractivity contribution in [1.29, 1.82) is 0 Å². The molecule has 1 unspecified atom stereocenters. The number of aromatic amines is 2. The molecule has 2 aromatic heterocycles. The number of nitrogens with zero attached hydrogens (tertiary/aromatic N) is 2. The zero-order valence-corrected chi connectivity index (χ0v) is 21.2. The number of aromatic nitrogens is 3. The Morgan fingerprint density at radius 2 is 1.84 bits per heavy atom. The normalized spacial score (nSPS) is 15.6. The van der Waals surface area contributed by atoms with E-state index in [4.69, 9.17) is 9.47 Å². The van der Waals surface area contributed by atoms with Crippen LogP contribution in [0, 0.1) is 0 Å². The van der Waals surface area contributed by atoms with Gasteiger partial charge >= 0.3 is 5.97 Å². The number of carbonyl (C=O) groups excluding carboxylic acids is 1. The topological polar surface area (TPSA) is 101 Å². The molecule has 0 saturated carbocycles. The van der Waals surface area contributed by atoms with Gasteiger partial charge in [-0.1, -0.05) is 48.5 Å². The van der Waals surface area contributed by atoms with Crippen molar-refractivity contribution in [3.05, 3.63) is 111 Å². The van der Waals surface area contributed by atoms with E-state index in [1.165, 1.54) is 4.57 Å². The van der Waals surface area contributed by atoms with Crippen molar-refractivity contribution >= 4 is 33.7 Å². The van der Waals surface area contributed by atoms with Crippen LogP contribution in [0.4, 0.5) is 0 Å². The SMILES string of the molecule is CCOC(=O)C1=C(C)N=c2[nH]c(=Cc3c[nH]c4ccccc34)c(=O)n2C1c1c(OC)ccc2ccccc12. The van der Waals surface area contributed by atoms with Gasteiger partial charge in [-0.05, 0) is 42.8 Å². The summed E-state index contributed by atoms with van der Waals surface area (Å²) in [6, 6.07) is 18.7. The average molecular weight is 507 g/mol. The summed E-state index contributed by atoms with van der Waals surface area (Å²) >= 11 is 0. The van der Waals surface area contributed by atoms with Crippen LogP contribution < -0.4 is 21.3 Å². The maximum Gasteiger partial charge on any atom is 0.338 e. The Kier molecular flexibility index (Phi) is 5.72. The summed E-state index contributed by atoms with van der Waals surface area (Å²) in [5, 5.41) is 3.18. The highest BCUT2D eigenvalue weighted by atomic mass is 16.5. The highest BCUT2D eigenvalue weighted by molar-refractivity contribution is 5.95. The molecule has 0 radical (unpaired) electrons. The van der Waals surface area contributed by atoms with E-state index in [2.05, 4.69) is 15.0 Å². The molecule has 38 heavy (non-hydrogen) atoms. The number of ether oxygens (including phenoxy) is 2. The number of imidazole rings is 1. The van der Waals surface area contributed by atoms with Crippen molar-refractivity contribution in [2.75, 3.05) is 13.7 Å². The molecule has 5 aromatic rings. The van der Waals surface area contributed by atoms with Gasteiger partial charge in [0.15, 0.2) is 0 Å². The molecule has 190 valence electrons. The van der Waals surface area contributed by atoms with E-state index in [0.717, 1.165) is 27.2 Å². The number of fused-ring (bicyclic) bond motifs is 3. The lowest BCUT2D eigenvalue weighted by Gasteiger charge is -2.27. The van der Waals surface area contributed by atoms with E-state index < -0.39 is 12.0 Å². The predicted molar refractivity (Wildman–Crippen MR) is 146 cm³/mol. The van der Waals surface area contributed by atoms with Gasteiger partial charge in [0.2, 0.25) is 5.62 Å². The molecule has 0 fully saturated rings. The standard InChI is InChI=1S/C30H26N4O4/c1-4-38-29(36)25-17(2)32-30-33-23(15-19-16-31-22-12-8-7-10-20(19)22)28(35)34(30)27(25)26-21-11-6-5-9-18(21)13-14-24(26)37-3/h5-16,27,31H,4H2,1-3H3,(H,32,33). The van der Waals surface area contributed by atoms with Gasteiger partial charge in [-0.2, -0.15) is 0 Å².